The average Bonchev–Trinajstić information content (AvgIpc) is 2.59. The maximum absolute atomic E-state index is 12.5. The highest BCUT2D eigenvalue weighted by atomic mass is 19.4. The molecule has 0 aliphatic carbocycles. The molecule has 26 heavy (non-hydrogen) atoms. The minimum atomic E-state index is -4.51. The van der Waals surface area contributed by atoms with Crippen molar-refractivity contribution in [3.63, 3.8) is 0 Å². The summed E-state index contributed by atoms with van der Waals surface area (Å²) in [5, 5.41) is 2.44. The van der Waals surface area contributed by atoms with E-state index in [9.17, 15) is 27.6 Å². The SMILES string of the molecule is CC(=O)c1ccccc1NC(=O)COC(=O)c1ccc(C(F)(F)F)cc1. The number of hydrogen-bond acceptors (Lipinski definition) is 4. The van der Waals surface area contributed by atoms with Gasteiger partial charge in [-0.05, 0) is 43.3 Å². The van der Waals surface area contributed by atoms with E-state index in [1.165, 1.54) is 19.1 Å². The second-order valence-electron chi connectivity index (χ2n) is 5.30. The largest absolute Gasteiger partial charge is 0.452 e. The Kier molecular flexibility index (Phi) is 5.76. The number of para-hydroxylation sites is 1. The number of alkyl halides is 3. The van der Waals surface area contributed by atoms with Crippen LogP contribution in [0, 0.1) is 0 Å². The van der Waals surface area contributed by atoms with E-state index in [1.807, 2.05) is 0 Å². The van der Waals surface area contributed by atoms with Crippen LogP contribution >= 0.6 is 0 Å². The van der Waals surface area contributed by atoms with Crippen molar-refractivity contribution in [1.82, 2.24) is 0 Å². The fraction of sp³-hybridized carbons (Fsp3) is 0.167. The molecule has 2 aromatic carbocycles. The lowest BCUT2D eigenvalue weighted by Crippen LogP contribution is -2.22. The molecule has 0 fully saturated rings. The zero-order chi connectivity index (χ0) is 19.3. The van der Waals surface area contributed by atoms with Gasteiger partial charge in [0.2, 0.25) is 0 Å². The number of anilines is 1. The van der Waals surface area contributed by atoms with Crippen molar-refractivity contribution in [3.8, 4) is 0 Å². The number of esters is 1. The summed E-state index contributed by atoms with van der Waals surface area (Å²) < 4.78 is 42.2. The number of halogens is 3. The Balaban J connectivity index is 1.95. The smallest absolute Gasteiger partial charge is 0.416 e. The Morgan fingerprint density at radius 3 is 2.19 bits per heavy atom. The molecule has 0 atom stereocenters. The van der Waals surface area contributed by atoms with Gasteiger partial charge >= 0.3 is 12.1 Å². The van der Waals surface area contributed by atoms with Crippen LogP contribution in [-0.4, -0.2) is 24.3 Å². The molecule has 0 spiro atoms. The lowest BCUT2D eigenvalue weighted by atomic mass is 10.1. The van der Waals surface area contributed by atoms with Gasteiger partial charge in [0.25, 0.3) is 5.91 Å². The number of benzene rings is 2. The molecule has 0 bridgehead atoms. The van der Waals surface area contributed by atoms with Crippen molar-refractivity contribution in [3.05, 3.63) is 65.2 Å². The summed E-state index contributed by atoms with van der Waals surface area (Å²) in [5.41, 5.74) is -0.437. The van der Waals surface area contributed by atoms with E-state index in [0.717, 1.165) is 24.3 Å². The maximum atomic E-state index is 12.5. The van der Waals surface area contributed by atoms with Crippen molar-refractivity contribution in [2.75, 3.05) is 11.9 Å². The van der Waals surface area contributed by atoms with Crippen LogP contribution in [0.1, 0.15) is 33.2 Å². The minimum Gasteiger partial charge on any atom is -0.452 e. The summed E-state index contributed by atoms with van der Waals surface area (Å²) in [5.74, 6) is -1.87. The van der Waals surface area contributed by atoms with E-state index in [2.05, 4.69) is 5.32 Å². The standard InChI is InChI=1S/C18H14F3NO4/c1-11(23)14-4-2-3-5-15(14)22-16(24)10-26-17(25)12-6-8-13(9-7-12)18(19,20)21/h2-9H,10H2,1H3,(H,22,24). The number of rotatable bonds is 5. The second kappa shape index (κ2) is 7.81. The Morgan fingerprint density at radius 1 is 1.00 bits per heavy atom. The van der Waals surface area contributed by atoms with Crippen molar-refractivity contribution in [2.45, 2.75) is 13.1 Å². The number of nitrogens with one attached hydrogen (secondary N) is 1. The van der Waals surface area contributed by atoms with Crippen molar-refractivity contribution < 1.29 is 32.3 Å². The number of amides is 1. The predicted octanol–water partition coefficient (Wildman–Crippen LogP) is 3.70. The van der Waals surface area contributed by atoms with E-state index in [1.54, 1.807) is 12.1 Å². The van der Waals surface area contributed by atoms with Gasteiger partial charge < -0.3 is 10.1 Å². The average molecular weight is 365 g/mol. The number of carbonyl (C=O) groups is 3. The highest BCUT2D eigenvalue weighted by molar-refractivity contribution is 6.04. The normalized spacial score (nSPS) is 10.9. The quantitative estimate of drug-likeness (QED) is 0.648. The molecule has 0 aromatic heterocycles. The molecule has 136 valence electrons. The third kappa shape index (κ3) is 4.92. The second-order valence-corrected chi connectivity index (χ2v) is 5.30. The molecule has 0 aliphatic rings. The summed E-state index contributed by atoms with van der Waals surface area (Å²) in [7, 11) is 0. The van der Waals surface area contributed by atoms with Gasteiger partial charge in [-0.3, -0.25) is 9.59 Å². The van der Waals surface area contributed by atoms with Crippen LogP contribution in [0.3, 0.4) is 0 Å². The summed E-state index contributed by atoms with van der Waals surface area (Å²) in [6.07, 6.45) is -4.51. The van der Waals surface area contributed by atoms with Crippen molar-refractivity contribution >= 4 is 23.3 Å². The predicted molar refractivity (Wildman–Crippen MR) is 86.8 cm³/mol. The first-order chi connectivity index (χ1) is 12.2. The third-order valence-corrected chi connectivity index (χ3v) is 3.36. The molecule has 0 saturated heterocycles. The molecule has 0 saturated carbocycles. The maximum Gasteiger partial charge on any atom is 0.416 e. The first-order valence-corrected chi connectivity index (χ1v) is 7.42. The van der Waals surface area contributed by atoms with Gasteiger partial charge in [0.15, 0.2) is 12.4 Å². The molecule has 2 rings (SSSR count). The van der Waals surface area contributed by atoms with E-state index >= 15 is 0 Å². The van der Waals surface area contributed by atoms with Crippen LogP contribution in [-0.2, 0) is 15.7 Å². The van der Waals surface area contributed by atoms with Gasteiger partial charge in [-0.2, -0.15) is 13.2 Å². The minimum absolute atomic E-state index is 0.116. The molecular weight excluding hydrogens is 351 g/mol. The lowest BCUT2D eigenvalue weighted by Gasteiger charge is -2.10. The van der Waals surface area contributed by atoms with Crippen molar-refractivity contribution in [2.24, 2.45) is 0 Å². The fourth-order valence-electron chi connectivity index (χ4n) is 2.10. The van der Waals surface area contributed by atoms with Crippen LogP contribution in [0.25, 0.3) is 0 Å². The molecule has 0 radical (unpaired) electrons. The van der Waals surface area contributed by atoms with Gasteiger partial charge in [0.05, 0.1) is 16.8 Å². The molecule has 2 aromatic rings. The Labute approximate surface area is 146 Å². The highest BCUT2D eigenvalue weighted by Crippen LogP contribution is 2.29. The first kappa shape index (κ1) is 19.2. The molecular formula is C18H14F3NO4. The Morgan fingerprint density at radius 2 is 1.62 bits per heavy atom. The van der Waals surface area contributed by atoms with E-state index in [0.29, 0.717) is 5.56 Å². The van der Waals surface area contributed by atoms with E-state index < -0.39 is 30.2 Å². The summed E-state index contributed by atoms with van der Waals surface area (Å²) in [6.45, 7) is 0.696. The molecule has 0 unspecified atom stereocenters. The molecule has 1 amide bonds. The Hall–Kier alpha value is -3.16. The number of ketones is 1. The van der Waals surface area contributed by atoms with Gasteiger partial charge in [-0.1, -0.05) is 12.1 Å². The molecule has 0 aliphatic heterocycles. The lowest BCUT2D eigenvalue weighted by molar-refractivity contribution is -0.137. The zero-order valence-electron chi connectivity index (χ0n) is 13.6. The topological polar surface area (TPSA) is 72.5 Å². The molecule has 5 nitrogen and oxygen atoms in total. The summed E-state index contributed by atoms with van der Waals surface area (Å²) >= 11 is 0. The van der Waals surface area contributed by atoms with Gasteiger partial charge in [-0.25, -0.2) is 4.79 Å². The van der Waals surface area contributed by atoms with Crippen LogP contribution < -0.4 is 5.32 Å². The monoisotopic (exact) mass is 365 g/mol. The highest BCUT2D eigenvalue weighted by Gasteiger charge is 2.30. The summed E-state index contributed by atoms with van der Waals surface area (Å²) in [6, 6.07) is 9.74. The number of carbonyl (C=O) groups excluding carboxylic acids is 3. The first-order valence-electron chi connectivity index (χ1n) is 7.42. The van der Waals surface area contributed by atoms with Gasteiger partial charge in [0, 0.05) is 5.56 Å². The molecule has 8 heteroatoms. The van der Waals surface area contributed by atoms with Crippen molar-refractivity contribution in [1.29, 1.82) is 0 Å². The number of Topliss-reactive ketones (excluding diaryl/α,β-unsaturated/α-hetero) is 1. The Bertz CT molecular complexity index is 829. The van der Waals surface area contributed by atoms with Crippen LogP contribution in [0.5, 0.6) is 0 Å². The number of ether oxygens (including phenoxy) is 1. The van der Waals surface area contributed by atoms with Crippen LogP contribution in [0.4, 0.5) is 18.9 Å². The van der Waals surface area contributed by atoms with E-state index in [4.69, 9.17) is 4.74 Å². The molecule has 1 N–H and O–H groups in total. The number of hydrogen-bond donors (Lipinski definition) is 1. The van der Waals surface area contributed by atoms with Crippen LogP contribution in [0.15, 0.2) is 48.5 Å². The van der Waals surface area contributed by atoms with Crippen LogP contribution in [0.2, 0.25) is 0 Å². The molecule has 0 heterocycles. The summed E-state index contributed by atoms with van der Waals surface area (Å²) in [4.78, 5) is 35.1. The fourth-order valence-corrected chi connectivity index (χ4v) is 2.10. The zero-order valence-corrected chi connectivity index (χ0v) is 13.6. The van der Waals surface area contributed by atoms with Gasteiger partial charge in [0.1, 0.15) is 0 Å². The van der Waals surface area contributed by atoms with E-state index in [-0.39, 0.29) is 17.0 Å². The third-order valence-electron chi connectivity index (χ3n) is 3.36. The van der Waals surface area contributed by atoms with Gasteiger partial charge in [-0.15, -0.1) is 0 Å².